The third kappa shape index (κ3) is 5.38. The smallest absolute Gasteiger partial charge is 0.261 e. The first-order chi connectivity index (χ1) is 14.3. The first-order valence-corrected chi connectivity index (χ1v) is 9.96. The second-order valence-corrected chi connectivity index (χ2v) is 7.15. The number of hydrogen-bond acceptors (Lipinski definition) is 4. The van der Waals surface area contributed by atoms with E-state index in [9.17, 15) is 4.79 Å². The monoisotopic (exact) mass is 423 g/mol. The number of hydrogen-bond donors (Lipinski definition) is 1. The highest BCUT2D eigenvalue weighted by atomic mass is 35.5. The maximum atomic E-state index is 13.0. The summed E-state index contributed by atoms with van der Waals surface area (Å²) in [5, 5.41) is 3.37. The quantitative estimate of drug-likeness (QED) is 0.657. The molecule has 1 atom stereocenters. The Hall–Kier alpha value is -2.89. The molecule has 0 spiro atoms. The van der Waals surface area contributed by atoms with Crippen molar-refractivity contribution in [3.8, 4) is 5.75 Å². The van der Waals surface area contributed by atoms with Crippen LogP contribution in [0.2, 0.25) is 0 Å². The summed E-state index contributed by atoms with van der Waals surface area (Å²) in [7, 11) is 0. The number of carbonyl (C=O) groups is 1. The van der Waals surface area contributed by atoms with Gasteiger partial charge in [-0.3, -0.25) is 9.78 Å². The van der Waals surface area contributed by atoms with Crippen LogP contribution in [0.4, 0.5) is 0 Å². The molecular formula is C24H26ClN3O2. The normalized spacial score (nSPS) is 15.9. The fourth-order valence-electron chi connectivity index (χ4n) is 3.70. The van der Waals surface area contributed by atoms with Crippen molar-refractivity contribution in [2.24, 2.45) is 0 Å². The summed E-state index contributed by atoms with van der Waals surface area (Å²) in [6.07, 6.45) is 4.35. The number of nitrogens with one attached hydrogen (secondary N) is 1. The molecule has 156 valence electrons. The van der Waals surface area contributed by atoms with Crippen LogP contribution in [0.15, 0.2) is 79.1 Å². The Kier molecular flexibility index (Phi) is 7.82. The minimum atomic E-state index is -0.0203. The zero-order chi connectivity index (χ0) is 19.9. The lowest BCUT2D eigenvalue weighted by Gasteiger charge is -2.36. The molecule has 1 N–H and O–H groups in total. The largest absolute Gasteiger partial charge is 0.483 e. The van der Waals surface area contributed by atoms with Crippen molar-refractivity contribution in [2.45, 2.75) is 12.5 Å². The Morgan fingerprint density at radius 2 is 1.87 bits per heavy atom. The summed E-state index contributed by atoms with van der Waals surface area (Å²) in [5.74, 6) is 0.757. The van der Waals surface area contributed by atoms with Crippen molar-refractivity contribution < 1.29 is 9.53 Å². The first kappa shape index (κ1) is 21.8. The molecule has 1 fully saturated rings. The van der Waals surface area contributed by atoms with E-state index >= 15 is 0 Å². The number of rotatable bonds is 6. The van der Waals surface area contributed by atoms with Gasteiger partial charge in [0.25, 0.3) is 5.91 Å². The van der Waals surface area contributed by atoms with Crippen molar-refractivity contribution in [3.05, 3.63) is 95.8 Å². The van der Waals surface area contributed by atoms with Gasteiger partial charge in [0.1, 0.15) is 5.75 Å². The molecule has 0 aliphatic carbocycles. The van der Waals surface area contributed by atoms with Gasteiger partial charge in [0.2, 0.25) is 0 Å². The molecule has 5 nitrogen and oxygen atoms in total. The number of piperazine rings is 1. The number of halogens is 1. The van der Waals surface area contributed by atoms with Crippen LogP contribution in [-0.2, 0) is 11.2 Å². The predicted molar refractivity (Wildman–Crippen MR) is 120 cm³/mol. The fourth-order valence-corrected chi connectivity index (χ4v) is 3.70. The summed E-state index contributed by atoms with van der Waals surface area (Å²) in [6.45, 7) is 2.20. The summed E-state index contributed by atoms with van der Waals surface area (Å²) in [4.78, 5) is 19.1. The van der Waals surface area contributed by atoms with Gasteiger partial charge in [0.15, 0.2) is 6.61 Å². The van der Waals surface area contributed by atoms with Crippen LogP contribution >= 0.6 is 12.4 Å². The molecular weight excluding hydrogens is 398 g/mol. The predicted octanol–water partition coefficient (Wildman–Crippen LogP) is 3.65. The van der Waals surface area contributed by atoms with Gasteiger partial charge in [0, 0.05) is 38.4 Å². The summed E-state index contributed by atoms with van der Waals surface area (Å²) in [6, 6.07) is 22.1. The van der Waals surface area contributed by atoms with Gasteiger partial charge in [-0.25, -0.2) is 0 Å². The molecule has 1 amide bonds. The topological polar surface area (TPSA) is 54.5 Å². The van der Waals surface area contributed by atoms with E-state index in [0.717, 1.165) is 36.4 Å². The first-order valence-electron chi connectivity index (χ1n) is 9.96. The number of ether oxygens (including phenoxy) is 1. The third-order valence-electron chi connectivity index (χ3n) is 5.19. The van der Waals surface area contributed by atoms with Crippen LogP contribution in [0, 0.1) is 0 Å². The maximum Gasteiger partial charge on any atom is 0.261 e. The zero-order valence-electron chi connectivity index (χ0n) is 16.7. The standard InChI is InChI=1S/C24H25N3O2.ClH/c28-24(27-14-13-26-17-22(27)21-10-6-12-25-16-21)18-29-23-11-5-4-9-20(23)15-19-7-2-1-3-8-19;/h1-12,16,22,26H,13-15,17-18H2;1H. The molecule has 2 aromatic carbocycles. The molecule has 3 aromatic rings. The third-order valence-corrected chi connectivity index (χ3v) is 5.19. The molecule has 1 aliphatic heterocycles. The number of para-hydroxylation sites is 1. The van der Waals surface area contributed by atoms with Crippen LogP contribution in [0.5, 0.6) is 5.75 Å². The molecule has 1 unspecified atom stereocenters. The van der Waals surface area contributed by atoms with Gasteiger partial charge in [-0.15, -0.1) is 12.4 Å². The molecule has 6 heteroatoms. The van der Waals surface area contributed by atoms with Crippen molar-refractivity contribution in [2.75, 3.05) is 26.2 Å². The van der Waals surface area contributed by atoms with E-state index in [4.69, 9.17) is 4.74 Å². The van der Waals surface area contributed by atoms with E-state index in [0.29, 0.717) is 6.54 Å². The summed E-state index contributed by atoms with van der Waals surface area (Å²) < 4.78 is 5.98. The summed E-state index contributed by atoms with van der Waals surface area (Å²) in [5.41, 5.74) is 3.33. The van der Waals surface area contributed by atoms with Crippen molar-refractivity contribution in [3.63, 3.8) is 0 Å². The Labute approximate surface area is 183 Å². The highest BCUT2D eigenvalue weighted by molar-refractivity contribution is 5.85. The average Bonchev–Trinajstić information content (AvgIpc) is 2.79. The molecule has 0 radical (unpaired) electrons. The van der Waals surface area contributed by atoms with E-state index in [-0.39, 0.29) is 31.0 Å². The van der Waals surface area contributed by atoms with E-state index in [1.807, 2.05) is 59.6 Å². The van der Waals surface area contributed by atoms with Crippen molar-refractivity contribution in [1.82, 2.24) is 15.2 Å². The lowest BCUT2D eigenvalue weighted by Crippen LogP contribution is -2.50. The Morgan fingerprint density at radius 1 is 1.07 bits per heavy atom. The van der Waals surface area contributed by atoms with Gasteiger partial charge < -0.3 is 15.0 Å². The maximum absolute atomic E-state index is 13.0. The lowest BCUT2D eigenvalue weighted by atomic mass is 10.0. The van der Waals surface area contributed by atoms with E-state index in [1.165, 1.54) is 5.56 Å². The Bertz CT molecular complexity index is 937. The molecule has 4 rings (SSSR count). The van der Waals surface area contributed by atoms with E-state index < -0.39 is 0 Å². The highest BCUT2D eigenvalue weighted by Crippen LogP contribution is 2.24. The number of nitrogens with zero attached hydrogens (tertiary/aromatic N) is 2. The molecule has 0 bridgehead atoms. The van der Waals surface area contributed by atoms with Gasteiger partial charge in [0.05, 0.1) is 6.04 Å². The van der Waals surface area contributed by atoms with Crippen LogP contribution in [0.25, 0.3) is 0 Å². The number of benzene rings is 2. The minimum Gasteiger partial charge on any atom is -0.483 e. The minimum absolute atomic E-state index is 0. The van der Waals surface area contributed by atoms with E-state index in [1.54, 1.807) is 6.20 Å². The van der Waals surface area contributed by atoms with Crippen molar-refractivity contribution in [1.29, 1.82) is 0 Å². The van der Waals surface area contributed by atoms with Crippen LogP contribution in [0.1, 0.15) is 22.7 Å². The van der Waals surface area contributed by atoms with Gasteiger partial charge >= 0.3 is 0 Å². The molecule has 1 saturated heterocycles. The second-order valence-electron chi connectivity index (χ2n) is 7.15. The van der Waals surface area contributed by atoms with Gasteiger partial charge in [-0.05, 0) is 28.8 Å². The number of carbonyl (C=O) groups excluding carboxylic acids is 1. The molecule has 0 saturated carbocycles. The summed E-state index contributed by atoms with van der Waals surface area (Å²) >= 11 is 0. The fraction of sp³-hybridized carbons (Fsp3) is 0.250. The van der Waals surface area contributed by atoms with Crippen LogP contribution < -0.4 is 10.1 Å². The van der Waals surface area contributed by atoms with Crippen molar-refractivity contribution >= 4 is 18.3 Å². The number of aromatic nitrogens is 1. The molecule has 30 heavy (non-hydrogen) atoms. The highest BCUT2D eigenvalue weighted by Gasteiger charge is 2.28. The van der Waals surface area contributed by atoms with Gasteiger partial charge in [-0.1, -0.05) is 54.6 Å². The lowest BCUT2D eigenvalue weighted by molar-refractivity contribution is -0.136. The number of amides is 1. The molecule has 2 heterocycles. The zero-order valence-corrected chi connectivity index (χ0v) is 17.6. The molecule has 1 aliphatic rings. The number of pyridine rings is 1. The molecule has 1 aromatic heterocycles. The van der Waals surface area contributed by atoms with E-state index in [2.05, 4.69) is 28.5 Å². The average molecular weight is 424 g/mol. The van der Waals surface area contributed by atoms with Crippen LogP contribution in [-0.4, -0.2) is 42.0 Å². The van der Waals surface area contributed by atoms with Gasteiger partial charge in [-0.2, -0.15) is 0 Å². The van der Waals surface area contributed by atoms with Crippen LogP contribution in [0.3, 0.4) is 0 Å². The Morgan fingerprint density at radius 3 is 2.67 bits per heavy atom. The second kappa shape index (κ2) is 10.8. The Balaban J connectivity index is 0.00000256. The SMILES string of the molecule is Cl.O=C(COc1ccccc1Cc1ccccc1)N1CCNCC1c1cccnc1.